The summed E-state index contributed by atoms with van der Waals surface area (Å²) in [5, 5.41) is 0. The molecular weight excluding hydrogens is 585 g/mol. The molecule has 0 saturated heterocycles. The Bertz CT molecular complexity index is 2190. The third kappa shape index (κ3) is 5.35. The van der Waals surface area contributed by atoms with Gasteiger partial charge in [0.15, 0.2) is 0 Å². The monoisotopic (exact) mass is 620 g/mol. The molecule has 0 unspecified atom stereocenters. The second-order valence-electron chi connectivity index (χ2n) is 13.2. The first kappa shape index (κ1) is 29.8. The molecule has 46 heavy (non-hydrogen) atoms. The number of nitrogens with zero attached hydrogens (tertiary/aromatic N) is 2. The molecule has 0 atom stereocenters. The maximum Gasteiger partial charge on any atom is 0.206 e. The fraction of sp³-hybridized carbons (Fsp3) is 0.171. The van der Waals surface area contributed by atoms with Gasteiger partial charge in [0.05, 0.1) is 32.6 Å². The summed E-state index contributed by atoms with van der Waals surface area (Å²) in [6.45, 7) is 8.61. The number of sulfone groups is 1. The van der Waals surface area contributed by atoms with E-state index in [9.17, 15) is 8.42 Å². The molecule has 0 amide bonds. The zero-order valence-corrected chi connectivity index (χ0v) is 27.3. The van der Waals surface area contributed by atoms with Gasteiger partial charge >= 0.3 is 0 Å². The second kappa shape index (κ2) is 11.2. The SMILES string of the molecule is CC1(C)c2cc(Cc3ccccc3)cc(c2)-c2cccc(n2)C(C)(C)c2cccc(n2)-c2cc1cc(S(=O)(=O)c1ccccc1)c2. The lowest BCUT2D eigenvalue weighted by Gasteiger charge is -2.30. The summed E-state index contributed by atoms with van der Waals surface area (Å²) in [5.41, 5.74) is 8.50. The Morgan fingerprint density at radius 3 is 1.65 bits per heavy atom. The van der Waals surface area contributed by atoms with Crippen molar-refractivity contribution in [2.45, 2.75) is 54.7 Å². The molecule has 8 bridgehead atoms. The molecule has 7 rings (SSSR count). The van der Waals surface area contributed by atoms with Crippen LogP contribution < -0.4 is 0 Å². The number of benzene rings is 4. The molecule has 6 aromatic rings. The average molecular weight is 621 g/mol. The van der Waals surface area contributed by atoms with Crippen molar-refractivity contribution >= 4 is 9.84 Å². The van der Waals surface area contributed by atoms with Crippen molar-refractivity contribution in [2.24, 2.45) is 0 Å². The summed E-state index contributed by atoms with van der Waals surface area (Å²) < 4.78 is 28.2. The molecule has 2 aromatic heterocycles. The standard InChI is InChI=1S/C41H36N2O2S/c1-40(2)32-23-29(21-28-13-7-5-8-14-28)22-30(24-32)36-17-11-19-38(42-36)41(3,4)39-20-12-18-37(43-39)31-25-33(40)27-35(26-31)46(44,45)34-15-9-6-10-16-34/h5-20,22-27H,21H2,1-4H3. The topological polar surface area (TPSA) is 59.9 Å². The minimum atomic E-state index is -3.80. The van der Waals surface area contributed by atoms with Crippen LogP contribution in [0, 0.1) is 0 Å². The molecule has 228 valence electrons. The maximum atomic E-state index is 14.1. The maximum absolute atomic E-state index is 14.1. The van der Waals surface area contributed by atoms with E-state index < -0.39 is 20.7 Å². The molecule has 3 heterocycles. The van der Waals surface area contributed by atoms with Crippen molar-refractivity contribution in [3.8, 4) is 22.5 Å². The third-order valence-corrected chi connectivity index (χ3v) is 11.1. The number of pyridine rings is 2. The largest absolute Gasteiger partial charge is 0.252 e. The molecule has 0 aliphatic carbocycles. The Labute approximate surface area is 271 Å². The van der Waals surface area contributed by atoms with E-state index in [1.54, 1.807) is 30.3 Å². The number of hydrogen-bond acceptors (Lipinski definition) is 4. The predicted octanol–water partition coefficient (Wildman–Crippen LogP) is 9.20. The molecule has 0 N–H and O–H groups in total. The molecule has 1 aliphatic heterocycles. The summed E-state index contributed by atoms with van der Waals surface area (Å²) in [5.74, 6) is 0. The van der Waals surface area contributed by atoms with Gasteiger partial charge in [0, 0.05) is 22.0 Å². The lowest BCUT2D eigenvalue weighted by molar-refractivity contribution is 0.593. The highest BCUT2D eigenvalue weighted by Crippen LogP contribution is 2.40. The number of fused-ring (bicyclic) bond motifs is 10. The summed E-state index contributed by atoms with van der Waals surface area (Å²) in [4.78, 5) is 10.9. The first-order valence-electron chi connectivity index (χ1n) is 15.6. The highest BCUT2D eigenvalue weighted by Gasteiger charge is 2.31. The molecule has 0 saturated carbocycles. The van der Waals surface area contributed by atoms with E-state index in [0.717, 1.165) is 51.5 Å². The number of aromatic nitrogens is 2. The summed E-state index contributed by atoms with van der Waals surface area (Å²) in [7, 11) is -3.80. The zero-order valence-electron chi connectivity index (χ0n) is 26.5. The van der Waals surface area contributed by atoms with E-state index >= 15 is 0 Å². The van der Waals surface area contributed by atoms with Crippen LogP contribution in [-0.4, -0.2) is 18.4 Å². The van der Waals surface area contributed by atoms with Gasteiger partial charge in [-0.3, -0.25) is 9.97 Å². The van der Waals surface area contributed by atoms with Crippen molar-refractivity contribution in [3.63, 3.8) is 0 Å². The molecule has 0 radical (unpaired) electrons. The van der Waals surface area contributed by atoms with Crippen molar-refractivity contribution in [1.29, 1.82) is 0 Å². The lowest BCUT2D eigenvalue weighted by Crippen LogP contribution is -2.23. The summed E-state index contributed by atoms with van der Waals surface area (Å²) in [6, 6.07) is 43.7. The number of hydrogen-bond donors (Lipinski definition) is 0. The molecule has 0 fully saturated rings. The fourth-order valence-corrected chi connectivity index (χ4v) is 7.67. The van der Waals surface area contributed by atoms with Crippen molar-refractivity contribution in [3.05, 3.63) is 167 Å². The van der Waals surface area contributed by atoms with Crippen molar-refractivity contribution in [2.75, 3.05) is 0 Å². The van der Waals surface area contributed by atoms with Gasteiger partial charge in [0.25, 0.3) is 0 Å². The van der Waals surface area contributed by atoms with Gasteiger partial charge < -0.3 is 0 Å². The van der Waals surface area contributed by atoms with E-state index in [2.05, 4.69) is 94.4 Å². The molecule has 0 spiro atoms. The van der Waals surface area contributed by atoms with Crippen LogP contribution in [0.4, 0.5) is 0 Å². The van der Waals surface area contributed by atoms with Gasteiger partial charge in [-0.1, -0.05) is 80.6 Å². The van der Waals surface area contributed by atoms with E-state index in [0.29, 0.717) is 0 Å². The predicted molar refractivity (Wildman–Crippen MR) is 185 cm³/mol. The zero-order chi connectivity index (χ0) is 32.1. The van der Waals surface area contributed by atoms with Gasteiger partial charge in [0.2, 0.25) is 9.84 Å². The smallest absolute Gasteiger partial charge is 0.206 e. The molecule has 1 aliphatic rings. The second-order valence-corrected chi connectivity index (χ2v) is 15.2. The Balaban J connectivity index is 1.53. The van der Waals surface area contributed by atoms with Crippen LogP contribution in [0.1, 0.15) is 61.3 Å². The first-order chi connectivity index (χ1) is 22.0. The van der Waals surface area contributed by atoms with Crippen LogP contribution in [-0.2, 0) is 27.1 Å². The molecular formula is C41H36N2O2S. The van der Waals surface area contributed by atoms with E-state index in [4.69, 9.17) is 9.97 Å². The highest BCUT2D eigenvalue weighted by atomic mass is 32.2. The van der Waals surface area contributed by atoms with Crippen LogP contribution in [0.25, 0.3) is 22.5 Å². The Morgan fingerprint density at radius 1 is 0.500 bits per heavy atom. The van der Waals surface area contributed by atoms with Gasteiger partial charge in [-0.05, 0) is 109 Å². The first-order valence-corrected chi connectivity index (χ1v) is 17.1. The normalized spacial score (nSPS) is 14.7. The Kier molecular flexibility index (Phi) is 7.25. The van der Waals surface area contributed by atoms with E-state index in [1.807, 2.05) is 36.4 Å². The number of rotatable bonds is 4. The third-order valence-electron chi connectivity index (χ3n) is 9.33. The summed E-state index contributed by atoms with van der Waals surface area (Å²) in [6.07, 6.45) is 0.769. The van der Waals surface area contributed by atoms with E-state index in [1.165, 1.54) is 11.1 Å². The fourth-order valence-electron chi connectivity index (χ4n) is 6.32. The van der Waals surface area contributed by atoms with Gasteiger partial charge in [-0.25, -0.2) is 8.42 Å². The van der Waals surface area contributed by atoms with Gasteiger partial charge in [-0.2, -0.15) is 0 Å². The summed E-state index contributed by atoms with van der Waals surface area (Å²) >= 11 is 0. The highest BCUT2D eigenvalue weighted by molar-refractivity contribution is 7.91. The average Bonchev–Trinajstić information content (AvgIpc) is 3.08. The molecule has 5 heteroatoms. The molecule has 4 nitrogen and oxygen atoms in total. The Morgan fingerprint density at radius 2 is 1.04 bits per heavy atom. The minimum Gasteiger partial charge on any atom is -0.252 e. The lowest BCUT2D eigenvalue weighted by atomic mass is 9.76. The van der Waals surface area contributed by atoms with Crippen LogP contribution in [0.2, 0.25) is 0 Å². The van der Waals surface area contributed by atoms with Crippen LogP contribution in [0.3, 0.4) is 0 Å². The van der Waals surface area contributed by atoms with Crippen LogP contribution in [0.15, 0.2) is 143 Å². The van der Waals surface area contributed by atoms with Crippen molar-refractivity contribution in [1.82, 2.24) is 9.97 Å². The Hall–Kier alpha value is -4.87. The van der Waals surface area contributed by atoms with Crippen molar-refractivity contribution < 1.29 is 8.42 Å². The van der Waals surface area contributed by atoms with Crippen LogP contribution >= 0.6 is 0 Å². The molecule has 4 aromatic carbocycles. The quantitative estimate of drug-likeness (QED) is 0.197. The van der Waals surface area contributed by atoms with Crippen LogP contribution in [0.5, 0.6) is 0 Å². The van der Waals surface area contributed by atoms with Gasteiger partial charge in [-0.15, -0.1) is 0 Å². The van der Waals surface area contributed by atoms with E-state index in [-0.39, 0.29) is 9.79 Å². The minimum absolute atomic E-state index is 0.255. The van der Waals surface area contributed by atoms with Gasteiger partial charge in [0.1, 0.15) is 0 Å².